The molecule has 5 heteroatoms. The van der Waals surface area contributed by atoms with Crippen molar-refractivity contribution in [2.75, 3.05) is 27.2 Å². The van der Waals surface area contributed by atoms with Crippen molar-refractivity contribution in [1.29, 1.82) is 0 Å². The molecule has 0 radical (unpaired) electrons. The Morgan fingerprint density at radius 3 is 2.50 bits per heavy atom. The fraction of sp³-hybridized carbons (Fsp3) is 0.381. The van der Waals surface area contributed by atoms with Crippen LogP contribution in [0.2, 0.25) is 0 Å². The van der Waals surface area contributed by atoms with Gasteiger partial charge in [-0.05, 0) is 69.3 Å². The Morgan fingerprint density at radius 1 is 1.19 bits per heavy atom. The molecule has 4 nitrogen and oxygen atoms in total. The maximum Gasteiger partial charge on any atom is 0.252 e. The zero-order chi connectivity index (χ0) is 18.7. The first-order valence-corrected chi connectivity index (χ1v) is 9.66. The summed E-state index contributed by atoms with van der Waals surface area (Å²) in [5, 5.41) is 3.24. The smallest absolute Gasteiger partial charge is 0.252 e. The van der Waals surface area contributed by atoms with Gasteiger partial charge < -0.3 is 15.0 Å². The Balaban J connectivity index is 1.72. The maximum absolute atomic E-state index is 12.9. The van der Waals surface area contributed by atoms with Crippen LogP contribution in [0.3, 0.4) is 0 Å². The van der Waals surface area contributed by atoms with Gasteiger partial charge in [0.1, 0.15) is 12.4 Å². The van der Waals surface area contributed by atoms with E-state index in [0.29, 0.717) is 12.2 Å². The van der Waals surface area contributed by atoms with Crippen molar-refractivity contribution >= 4 is 21.8 Å². The maximum atomic E-state index is 12.9. The van der Waals surface area contributed by atoms with Crippen molar-refractivity contribution in [3.8, 4) is 5.75 Å². The molecular formula is C21H25BrN2O2. The number of nitrogens with zero attached hydrogens (tertiary/aromatic N) is 1. The molecule has 1 fully saturated rings. The van der Waals surface area contributed by atoms with Gasteiger partial charge in [0.2, 0.25) is 0 Å². The van der Waals surface area contributed by atoms with Gasteiger partial charge in [0.25, 0.3) is 5.91 Å². The minimum Gasteiger partial charge on any atom is -0.492 e. The van der Waals surface area contributed by atoms with Crippen LogP contribution >= 0.6 is 15.9 Å². The Morgan fingerprint density at radius 2 is 1.88 bits per heavy atom. The second kappa shape index (κ2) is 7.80. The molecule has 0 spiro atoms. The molecule has 138 valence electrons. The molecule has 2 aromatic carbocycles. The van der Waals surface area contributed by atoms with Gasteiger partial charge in [0.15, 0.2) is 0 Å². The molecule has 0 heterocycles. The molecule has 0 aromatic heterocycles. The first-order valence-electron chi connectivity index (χ1n) is 8.86. The molecule has 0 bridgehead atoms. The number of rotatable bonds is 7. The lowest BCUT2D eigenvalue weighted by Crippen LogP contribution is -2.35. The SMILES string of the molecule is Cc1ccc(OCCN(C)C)cc1C(=O)NC1(c2ccc(Br)cc2)CC1. The van der Waals surface area contributed by atoms with Crippen molar-refractivity contribution in [2.24, 2.45) is 0 Å². The molecule has 1 amide bonds. The number of hydrogen-bond acceptors (Lipinski definition) is 3. The van der Waals surface area contributed by atoms with E-state index in [-0.39, 0.29) is 11.4 Å². The van der Waals surface area contributed by atoms with Gasteiger partial charge >= 0.3 is 0 Å². The van der Waals surface area contributed by atoms with Crippen molar-refractivity contribution in [3.05, 3.63) is 63.6 Å². The zero-order valence-corrected chi connectivity index (χ0v) is 17.1. The largest absolute Gasteiger partial charge is 0.492 e. The van der Waals surface area contributed by atoms with E-state index in [1.807, 2.05) is 51.4 Å². The number of ether oxygens (including phenoxy) is 1. The highest BCUT2D eigenvalue weighted by Crippen LogP contribution is 2.46. The Bertz CT molecular complexity index is 783. The molecule has 1 saturated carbocycles. The van der Waals surface area contributed by atoms with Crippen LogP contribution in [-0.2, 0) is 5.54 Å². The lowest BCUT2D eigenvalue weighted by atomic mass is 10.0. The lowest BCUT2D eigenvalue weighted by molar-refractivity contribution is 0.0929. The Kier molecular flexibility index (Phi) is 5.68. The summed E-state index contributed by atoms with van der Waals surface area (Å²) in [5.41, 5.74) is 2.56. The number of carbonyl (C=O) groups excluding carboxylic acids is 1. The number of halogens is 1. The lowest BCUT2D eigenvalue weighted by Gasteiger charge is -2.19. The number of hydrogen-bond donors (Lipinski definition) is 1. The molecule has 1 N–H and O–H groups in total. The van der Waals surface area contributed by atoms with E-state index in [1.54, 1.807) is 0 Å². The molecular weight excluding hydrogens is 392 g/mol. The molecule has 0 saturated heterocycles. The highest BCUT2D eigenvalue weighted by molar-refractivity contribution is 9.10. The molecule has 1 aliphatic carbocycles. The van der Waals surface area contributed by atoms with Crippen LogP contribution in [0, 0.1) is 6.92 Å². The minimum absolute atomic E-state index is 0.0408. The average Bonchev–Trinajstić information content (AvgIpc) is 3.37. The fourth-order valence-electron chi connectivity index (χ4n) is 2.95. The number of benzene rings is 2. The second-order valence-electron chi connectivity index (χ2n) is 7.17. The van der Waals surface area contributed by atoms with Crippen LogP contribution in [0.25, 0.3) is 0 Å². The van der Waals surface area contributed by atoms with E-state index in [1.165, 1.54) is 0 Å². The summed E-state index contributed by atoms with van der Waals surface area (Å²) in [5.74, 6) is 0.692. The summed E-state index contributed by atoms with van der Waals surface area (Å²) in [7, 11) is 4.02. The van der Waals surface area contributed by atoms with Crippen LogP contribution in [0.4, 0.5) is 0 Å². The standard InChI is InChI=1S/C21H25BrN2O2/c1-15-4-9-18(26-13-12-24(2)3)14-19(15)20(25)23-21(10-11-21)16-5-7-17(22)8-6-16/h4-9,14H,10-13H2,1-3H3,(H,23,25). The van der Waals surface area contributed by atoms with Gasteiger partial charge in [-0.1, -0.05) is 34.1 Å². The highest BCUT2D eigenvalue weighted by Gasteiger charge is 2.45. The zero-order valence-electron chi connectivity index (χ0n) is 15.5. The van der Waals surface area contributed by atoms with Gasteiger partial charge in [-0.25, -0.2) is 0 Å². The molecule has 26 heavy (non-hydrogen) atoms. The number of amides is 1. The summed E-state index contributed by atoms with van der Waals surface area (Å²) in [6, 6.07) is 13.9. The summed E-state index contributed by atoms with van der Waals surface area (Å²) >= 11 is 3.46. The van der Waals surface area contributed by atoms with Gasteiger partial charge in [0, 0.05) is 16.6 Å². The number of nitrogens with one attached hydrogen (secondary N) is 1. The van der Waals surface area contributed by atoms with E-state index < -0.39 is 0 Å². The second-order valence-corrected chi connectivity index (χ2v) is 8.09. The van der Waals surface area contributed by atoms with E-state index in [2.05, 4.69) is 38.3 Å². The van der Waals surface area contributed by atoms with Crippen LogP contribution in [-0.4, -0.2) is 38.1 Å². The van der Waals surface area contributed by atoms with E-state index in [4.69, 9.17) is 4.74 Å². The van der Waals surface area contributed by atoms with Gasteiger partial charge in [0.05, 0.1) is 5.54 Å². The first kappa shape index (κ1) is 18.9. The number of likely N-dealkylation sites (N-methyl/N-ethyl adjacent to an activating group) is 1. The summed E-state index contributed by atoms with van der Waals surface area (Å²) < 4.78 is 6.82. The van der Waals surface area contributed by atoms with Crippen molar-refractivity contribution in [3.63, 3.8) is 0 Å². The third kappa shape index (κ3) is 4.46. The van der Waals surface area contributed by atoms with Crippen molar-refractivity contribution in [2.45, 2.75) is 25.3 Å². The van der Waals surface area contributed by atoms with E-state index in [9.17, 15) is 4.79 Å². The normalized spacial score (nSPS) is 15.0. The van der Waals surface area contributed by atoms with E-state index >= 15 is 0 Å². The number of aryl methyl sites for hydroxylation is 1. The Labute approximate surface area is 163 Å². The monoisotopic (exact) mass is 416 g/mol. The van der Waals surface area contributed by atoms with Gasteiger partial charge in [-0.15, -0.1) is 0 Å². The van der Waals surface area contributed by atoms with Gasteiger partial charge in [-0.2, -0.15) is 0 Å². The van der Waals surface area contributed by atoms with Gasteiger partial charge in [-0.3, -0.25) is 4.79 Å². The quantitative estimate of drug-likeness (QED) is 0.737. The molecule has 0 atom stereocenters. The predicted octanol–water partition coefficient (Wildman–Crippen LogP) is 4.12. The Hall–Kier alpha value is -1.85. The van der Waals surface area contributed by atoms with Crippen molar-refractivity contribution < 1.29 is 9.53 Å². The van der Waals surface area contributed by atoms with E-state index in [0.717, 1.165) is 40.7 Å². The molecule has 1 aliphatic rings. The number of carbonyl (C=O) groups is 1. The summed E-state index contributed by atoms with van der Waals surface area (Å²) in [6.07, 6.45) is 1.94. The topological polar surface area (TPSA) is 41.6 Å². The third-order valence-corrected chi connectivity index (χ3v) is 5.29. The minimum atomic E-state index is -0.230. The molecule has 3 rings (SSSR count). The van der Waals surface area contributed by atoms with Crippen LogP contribution < -0.4 is 10.1 Å². The third-order valence-electron chi connectivity index (χ3n) is 4.76. The predicted molar refractivity (Wildman–Crippen MR) is 108 cm³/mol. The highest BCUT2D eigenvalue weighted by atomic mass is 79.9. The molecule has 0 aliphatic heterocycles. The van der Waals surface area contributed by atoms with Crippen LogP contribution in [0.15, 0.2) is 46.9 Å². The summed E-state index contributed by atoms with van der Waals surface area (Å²) in [6.45, 7) is 3.39. The van der Waals surface area contributed by atoms with Crippen molar-refractivity contribution in [1.82, 2.24) is 10.2 Å². The van der Waals surface area contributed by atoms with Crippen LogP contribution in [0.5, 0.6) is 5.75 Å². The summed E-state index contributed by atoms with van der Waals surface area (Å²) in [4.78, 5) is 15.0. The fourth-order valence-corrected chi connectivity index (χ4v) is 3.21. The van der Waals surface area contributed by atoms with Crippen LogP contribution in [0.1, 0.15) is 34.3 Å². The first-order chi connectivity index (χ1) is 12.4. The molecule has 2 aromatic rings. The average molecular weight is 417 g/mol. The molecule has 0 unspecified atom stereocenters.